The highest BCUT2D eigenvalue weighted by Crippen LogP contribution is 2.39. The maximum atomic E-state index is 13.4. The number of fused-ring (bicyclic) bond motifs is 1. The van der Waals surface area contributed by atoms with Crippen LogP contribution in [0.3, 0.4) is 0 Å². The molecule has 0 saturated carbocycles. The predicted molar refractivity (Wildman–Crippen MR) is 67.9 cm³/mol. The molecule has 0 bridgehead atoms. The molecule has 0 radical (unpaired) electrons. The van der Waals surface area contributed by atoms with Crippen molar-refractivity contribution in [1.29, 1.82) is 0 Å². The number of halogens is 1. The van der Waals surface area contributed by atoms with Crippen molar-refractivity contribution < 1.29 is 4.39 Å². The van der Waals surface area contributed by atoms with Gasteiger partial charge in [-0.1, -0.05) is 0 Å². The molecule has 17 heavy (non-hydrogen) atoms. The van der Waals surface area contributed by atoms with Crippen molar-refractivity contribution in [3.8, 4) is 0 Å². The zero-order valence-corrected chi connectivity index (χ0v) is 10.2. The van der Waals surface area contributed by atoms with E-state index in [0.717, 1.165) is 18.7 Å². The van der Waals surface area contributed by atoms with Crippen molar-refractivity contribution in [2.75, 3.05) is 25.5 Å². The van der Waals surface area contributed by atoms with E-state index in [1.54, 1.807) is 12.1 Å². The van der Waals surface area contributed by atoms with Crippen LogP contribution in [0.1, 0.15) is 30.7 Å². The fourth-order valence-corrected chi connectivity index (χ4v) is 3.36. The minimum atomic E-state index is -0.113. The number of hydrogen-bond acceptors (Lipinski definition) is 2. The topological polar surface area (TPSA) is 15.3 Å². The van der Waals surface area contributed by atoms with Crippen LogP contribution in [0.2, 0.25) is 0 Å². The van der Waals surface area contributed by atoms with Crippen LogP contribution in [-0.2, 0) is 0 Å². The van der Waals surface area contributed by atoms with Crippen LogP contribution in [-0.4, -0.2) is 31.1 Å². The van der Waals surface area contributed by atoms with Crippen molar-refractivity contribution in [2.24, 2.45) is 0 Å². The van der Waals surface area contributed by atoms with E-state index in [4.69, 9.17) is 0 Å². The summed E-state index contributed by atoms with van der Waals surface area (Å²) in [5.41, 5.74) is 2.30. The molecule has 1 aromatic carbocycles. The van der Waals surface area contributed by atoms with Gasteiger partial charge in [0, 0.05) is 24.2 Å². The molecule has 1 saturated heterocycles. The molecule has 0 spiro atoms. The van der Waals surface area contributed by atoms with Gasteiger partial charge >= 0.3 is 0 Å². The number of anilines is 1. The van der Waals surface area contributed by atoms with Crippen LogP contribution in [0.25, 0.3) is 0 Å². The number of likely N-dealkylation sites (N-methyl/N-ethyl adjacent to an activating group) is 1. The van der Waals surface area contributed by atoms with Crippen LogP contribution in [0.4, 0.5) is 10.1 Å². The Kier molecular flexibility index (Phi) is 2.79. The van der Waals surface area contributed by atoms with Gasteiger partial charge in [-0.2, -0.15) is 0 Å². The normalized spacial score (nSPS) is 28.8. The van der Waals surface area contributed by atoms with Crippen LogP contribution in [0.5, 0.6) is 0 Å². The Labute approximate surface area is 102 Å². The minimum Gasteiger partial charge on any atom is -0.385 e. The van der Waals surface area contributed by atoms with Crippen LogP contribution in [0.15, 0.2) is 18.2 Å². The molecule has 92 valence electrons. The maximum absolute atomic E-state index is 13.4. The summed E-state index contributed by atoms with van der Waals surface area (Å²) in [4.78, 5) is 2.44. The molecule has 2 aliphatic heterocycles. The molecule has 0 aromatic heterocycles. The van der Waals surface area contributed by atoms with Crippen molar-refractivity contribution in [1.82, 2.24) is 4.90 Å². The van der Waals surface area contributed by atoms with Crippen molar-refractivity contribution in [3.63, 3.8) is 0 Å². The Morgan fingerprint density at radius 3 is 3.00 bits per heavy atom. The Hall–Kier alpha value is -1.09. The summed E-state index contributed by atoms with van der Waals surface area (Å²) in [5, 5.41) is 3.37. The standard InChI is InChI=1S/C14H19FN2/c1-17-8-2-3-14(17)11-6-7-16-13-5-4-10(15)9-12(11)13/h4-5,9,11,14,16H,2-3,6-8H2,1H3. The lowest BCUT2D eigenvalue weighted by Gasteiger charge is -2.34. The van der Waals surface area contributed by atoms with Gasteiger partial charge in [0.25, 0.3) is 0 Å². The van der Waals surface area contributed by atoms with Crippen LogP contribution >= 0.6 is 0 Å². The summed E-state index contributed by atoms with van der Waals surface area (Å²) < 4.78 is 13.4. The van der Waals surface area contributed by atoms with E-state index < -0.39 is 0 Å². The molecule has 2 atom stereocenters. The van der Waals surface area contributed by atoms with E-state index in [9.17, 15) is 4.39 Å². The van der Waals surface area contributed by atoms with E-state index >= 15 is 0 Å². The van der Waals surface area contributed by atoms with Gasteiger partial charge in [-0.05, 0) is 56.6 Å². The molecule has 1 N–H and O–H groups in total. The lowest BCUT2D eigenvalue weighted by atomic mass is 9.84. The fraction of sp³-hybridized carbons (Fsp3) is 0.571. The first-order valence-electron chi connectivity index (χ1n) is 6.49. The Bertz CT molecular complexity index is 419. The molecule has 2 aliphatic rings. The Morgan fingerprint density at radius 1 is 1.35 bits per heavy atom. The van der Waals surface area contributed by atoms with E-state index in [0.29, 0.717) is 12.0 Å². The molecular formula is C14H19FN2. The SMILES string of the molecule is CN1CCCC1C1CCNc2ccc(F)cc21. The minimum absolute atomic E-state index is 0.113. The number of benzene rings is 1. The van der Waals surface area contributed by atoms with Crippen molar-refractivity contribution in [3.05, 3.63) is 29.6 Å². The zero-order chi connectivity index (χ0) is 11.8. The van der Waals surface area contributed by atoms with E-state index in [-0.39, 0.29) is 5.82 Å². The summed E-state index contributed by atoms with van der Waals surface area (Å²) in [6.45, 7) is 2.19. The second-order valence-corrected chi connectivity index (χ2v) is 5.24. The number of nitrogens with zero attached hydrogens (tertiary/aromatic N) is 1. The smallest absolute Gasteiger partial charge is 0.123 e. The van der Waals surface area contributed by atoms with Crippen LogP contribution in [0, 0.1) is 5.82 Å². The average molecular weight is 234 g/mol. The molecule has 2 heterocycles. The molecule has 0 amide bonds. The van der Waals surface area contributed by atoms with Crippen molar-refractivity contribution in [2.45, 2.75) is 31.2 Å². The number of likely N-dealkylation sites (tertiary alicyclic amines) is 1. The zero-order valence-electron chi connectivity index (χ0n) is 10.2. The predicted octanol–water partition coefficient (Wildman–Crippen LogP) is 2.82. The second kappa shape index (κ2) is 4.30. The molecule has 1 aromatic rings. The van der Waals surface area contributed by atoms with Gasteiger partial charge in [-0.15, -0.1) is 0 Å². The van der Waals surface area contributed by atoms with E-state index in [2.05, 4.69) is 17.3 Å². The number of hydrogen-bond donors (Lipinski definition) is 1. The maximum Gasteiger partial charge on any atom is 0.123 e. The summed E-state index contributed by atoms with van der Waals surface area (Å²) in [7, 11) is 2.19. The average Bonchev–Trinajstić information content (AvgIpc) is 2.74. The van der Waals surface area contributed by atoms with Crippen LogP contribution < -0.4 is 5.32 Å². The first-order valence-corrected chi connectivity index (χ1v) is 6.49. The van der Waals surface area contributed by atoms with Gasteiger partial charge in [0.1, 0.15) is 5.82 Å². The first kappa shape index (κ1) is 11.0. The van der Waals surface area contributed by atoms with E-state index in [1.165, 1.54) is 24.9 Å². The van der Waals surface area contributed by atoms with Gasteiger partial charge in [-0.3, -0.25) is 0 Å². The third kappa shape index (κ3) is 1.93. The number of nitrogens with one attached hydrogen (secondary N) is 1. The summed E-state index contributed by atoms with van der Waals surface area (Å²) in [5.74, 6) is 0.382. The summed E-state index contributed by atoms with van der Waals surface area (Å²) in [6, 6.07) is 5.74. The van der Waals surface area contributed by atoms with Gasteiger partial charge < -0.3 is 10.2 Å². The molecule has 2 nitrogen and oxygen atoms in total. The Morgan fingerprint density at radius 2 is 2.24 bits per heavy atom. The van der Waals surface area contributed by atoms with E-state index in [1.807, 2.05) is 6.07 Å². The molecule has 1 fully saturated rings. The van der Waals surface area contributed by atoms with Gasteiger partial charge in [0.05, 0.1) is 0 Å². The molecule has 2 unspecified atom stereocenters. The molecule has 3 rings (SSSR count). The van der Waals surface area contributed by atoms with Crippen molar-refractivity contribution >= 4 is 5.69 Å². The first-order chi connectivity index (χ1) is 8.25. The summed E-state index contributed by atoms with van der Waals surface area (Å²) >= 11 is 0. The highest BCUT2D eigenvalue weighted by molar-refractivity contribution is 5.55. The quantitative estimate of drug-likeness (QED) is 0.803. The lowest BCUT2D eigenvalue weighted by Crippen LogP contribution is -2.34. The molecule has 3 heteroatoms. The fourth-order valence-electron chi connectivity index (χ4n) is 3.36. The monoisotopic (exact) mass is 234 g/mol. The Balaban J connectivity index is 1.95. The highest BCUT2D eigenvalue weighted by atomic mass is 19.1. The van der Waals surface area contributed by atoms with Gasteiger partial charge in [0.15, 0.2) is 0 Å². The largest absolute Gasteiger partial charge is 0.385 e. The molecular weight excluding hydrogens is 215 g/mol. The lowest BCUT2D eigenvalue weighted by molar-refractivity contribution is 0.263. The third-order valence-corrected chi connectivity index (χ3v) is 4.23. The summed E-state index contributed by atoms with van der Waals surface area (Å²) in [6.07, 6.45) is 3.64. The molecule has 0 aliphatic carbocycles. The number of rotatable bonds is 1. The second-order valence-electron chi connectivity index (χ2n) is 5.24. The third-order valence-electron chi connectivity index (χ3n) is 4.23. The van der Waals surface area contributed by atoms with Gasteiger partial charge in [-0.25, -0.2) is 4.39 Å². The van der Waals surface area contributed by atoms with Gasteiger partial charge in [0.2, 0.25) is 0 Å². The highest BCUT2D eigenvalue weighted by Gasteiger charge is 2.33.